The first-order valence-electron chi connectivity index (χ1n) is 3.26. The molecule has 0 amide bonds. The van der Waals surface area contributed by atoms with E-state index in [2.05, 4.69) is 0 Å². The van der Waals surface area contributed by atoms with Gasteiger partial charge >= 0.3 is 0 Å². The van der Waals surface area contributed by atoms with Crippen LogP contribution in [0.3, 0.4) is 0 Å². The first kappa shape index (κ1) is 9.27. The number of rotatable bonds is 4. The first-order valence-corrected chi connectivity index (χ1v) is 3.26. The summed E-state index contributed by atoms with van der Waals surface area (Å²) in [6, 6.07) is 0. The fraction of sp³-hybridized carbons (Fsp3) is 0.714. The molecule has 0 spiro atoms. The summed E-state index contributed by atoms with van der Waals surface area (Å²) in [5.41, 5.74) is 0. The molecule has 0 heterocycles. The van der Waals surface area contributed by atoms with E-state index < -0.39 is 17.7 Å². The number of hydrogen-bond acceptors (Lipinski definition) is 2. The lowest BCUT2D eigenvalue weighted by molar-refractivity contribution is -0.132. The Labute approximate surface area is 59.4 Å². The number of alkyl halides is 1. The van der Waals surface area contributed by atoms with Crippen LogP contribution in [-0.2, 0) is 9.59 Å². The van der Waals surface area contributed by atoms with E-state index in [-0.39, 0.29) is 6.42 Å². The smallest absolute Gasteiger partial charge is 0.215 e. The summed E-state index contributed by atoms with van der Waals surface area (Å²) >= 11 is 0. The molecular formula is C7H11FO2. The maximum atomic E-state index is 12.4. The maximum absolute atomic E-state index is 12.4. The zero-order valence-electron chi connectivity index (χ0n) is 6.19. The van der Waals surface area contributed by atoms with E-state index in [9.17, 15) is 14.0 Å². The molecule has 2 nitrogen and oxygen atoms in total. The Bertz CT molecular complexity index is 143. The Morgan fingerprint density at radius 1 is 1.50 bits per heavy atom. The minimum atomic E-state index is -1.89. The Morgan fingerprint density at radius 3 is 2.30 bits per heavy atom. The SMILES string of the molecule is CCCC(=O)C(F)C(C)=O. The van der Waals surface area contributed by atoms with Crippen molar-refractivity contribution in [3.05, 3.63) is 0 Å². The van der Waals surface area contributed by atoms with Crippen molar-refractivity contribution in [2.24, 2.45) is 0 Å². The third-order valence-electron chi connectivity index (χ3n) is 1.14. The predicted molar refractivity (Wildman–Crippen MR) is 35.5 cm³/mol. The highest BCUT2D eigenvalue weighted by molar-refractivity contribution is 6.04. The molecule has 0 saturated heterocycles. The monoisotopic (exact) mass is 146 g/mol. The number of carbonyl (C=O) groups excluding carboxylic acids is 2. The Balaban J connectivity index is 3.82. The molecule has 10 heavy (non-hydrogen) atoms. The van der Waals surface area contributed by atoms with Gasteiger partial charge in [0.15, 0.2) is 11.6 Å². The minimum Gasteiger partial charge on any atom is -0.296 e. The minimum absolute atomic E-state index is 0.154. The number of Topliss-reactive ketones (excluding diaryl/α,β-unsaturated/α-hetero) is 2. The molecule has 0 fully saturated rings. The van der Waals surface area contributed by atoms with Crippen molar-refractivity contribution in [1.29, 1.82) is 0 Å². The summed E-state index contributed by atoms with van der Waals surface area (Å²) in [5.74, 6) is -1.30. The number of halogens is 1. The van der Waals surface area contributed by atoms with Crippen LogP contribution in [0.5, 0.6) is 0 Å². The third kappa shape index (κ3) is 2.71. The molecule has 0 aromatic rings. The van der Waals surface area contributed by atoms with Crippen LogP contribution in [0, 0.1) is 0 Å². The number of carbonyl (C=O) groups is 2. The van der Waals surface area contributed by atoms with Crippen molar-refractivity contribution in [1.82, 2.24) is 0 Å². The molecule has 0 aromatic carbocycles. The second-order valence-corrected chi connectivity index (χ2v) is 2.19. The van der Waals surface area contributed by atoms with Crippen molar-refractivity contribution < 1.29 is 14.0 Å². The van der Waals surface area contributed by atoms with Gasteiger partial charge in [0, 0.05) is 6.42 Å². The summed E-state index contributed by atoms with van der Waals surface area (Å²) in [5, 5.41) is 0. The lowest BCUT2D eigenvalue weighted by Gasteiger charge is -1.99. The van der Waals surface area contributed by atoms with Gasteiger partial charge in [-0.1, -0.05) is 6.92 Å². The molecule has 0 aliphatic rings. The first-order chi connectivity index (χ1) is 4.59. The van der Waals surface area contributed by atoms with Crippen LogP contribution in [-0.4, -0.2) is 17.7 Å². The average molecular weight is 146 g/mol. The largest absolute Gasteiger partial charge is 0.296 e. The molecule has 1 unspecified atom stereocenters. The van der Waals surface area contributed by atoms with E-state index >= 15 is 0 Å². The van der Waals surface area contributed by atoms with Gasteiger partial charge in [-0.25, -0.2) is 4.39 Å². The lowest BCUT2D eigenvalue weighted by Crippen LogP contribution is -2.22. The second-order valence-electron chi connectivity index (χ2n) is 2.19. The lowest BCUT2D eigenvalue weighted by atomic mass is 10.1. The van der Waals surface area contributed by atoms with Crippen LogP contribution < -0.4 is 0 Å². The summed E-state index contributed by atoms with van der Waals surface area (Å²) in [6.45, 7) is 2.85. The summed E-state index contributed by atoms with van der Waals surface area (Å²) < 4.78 is 12.4. The predicted octanol–water partition coefficient (Wildman–Crippen LogP) is 1.28. The van der Waals surface area contributed by atoms with E-state index in [1.165, 1.54) is 0 Å². The molecule has 3 heteroatoms. The van der Waals surface area contributed by atoms with Gasteiger partial charge in [-0.3, -0.25) is 9.59 Å². The van der Waals surface area contributed by atoms with Crippen LogP contribution in [0.15, 0.2) is 0 Å². The molecule has 1 atom stereocenters. The van der Waals surface area contributed by atoms with E-state index in [0.29, 0.717) is 6.42 Å². The number of hydrogen-bond donors (Lipinski definition) is 0. The molecule has 0 aliphatic heterocycles. The zero-order chi connectivity index (χ0) is 8.15. The van der Waals surface area contributed by atoms with Crippen LogP contribution in [0.4, 0.5) is 4.39 Å². The van der Waals surface area contributed by atoms with Gasteiger partial charge < -0.3 is 0 Å². The normalized spacial score (nSPS) is 12.7. The van der Waals surface area contributed by atoms with Crippen molar-refractivity contribution in [3.8, 4) is 0 Å². The van der Waals surface area contributed by atoms with Gasteiger partial charge in [0.2, 0.25) is 6.17 Å². The molecule has 0 aliphatic carbocycles. The zero-order valence-corrected chi connectivity index (χ0v) is 6.19. The number of ketones is 2. The molecule has 0 N–H and O–H groups in total. The van der Waals surface area contributed by atoms with Gasteiger partial charge in [-0.15, -0.1) is 0 Å². The molecule has 58 valence electrons. The quantitative estimate of drug-likeness (QED) is 0.560. The van der Waals surface area contributed by atoms with Gasteiger partial charge in [0.25, 0.3) is 0 Å². The topological polar surface area (TPSA) is 34.1 Å². The van der Waals surface area contributed by atoms with Crippen molar-refractivity contribution >= 4 is 11.6 Å². The molecule has 0 aromatic heterocycles. The molecular weight excluding hydrogens is 135 g/mol. The molecule has 0 bridgehead atoms. The fourth-order valence-corrected chi connectivity index (χ4v) is 0.600. The highest BCUT2D eigenvalue weighted by Crippen LogP contribution is 2.00. The summed E-state index contributed by atoms with van der Waals surface area (Å²) in [6.07, 6.45) is -1.15. The van der Waals surface area contributed by atoms with Crippen LogP contribution in [0.25, 0.3) is 0 Å². The summed E-state index contributed by atoms with van der Waals surface area (Å²) in [7, 11) is 0. The van der Waals surface area contributed by atoms with E-state index in [0.717, 1.165) is 6.92 Å². The Morgan fingerprint density at radius 2 is 2.00 bits per heavy atom. The third-order valence-corrected chi connectivity index (χ3v) is 1.14. The standard InChI is InChI=1S/C7H11FO2/c1-3-4-6(10)7(8)5(2)9/h7H,3-4H2,1-2H3. The van der Waals surface area contributed by atoms with Crippen LogP contribution in [0.2, 0.25) is 0 Å². The summed E-state index contributed by atoms with van der Waals surface area (Å²) in [4.78, 5) is 20.9. The van der Waals surface area contributed by atoms with E-state index in [4.69, 9.17) is 0 Å². The Hall–Kier alpha value is -0.730. The molecule has 0 saturated carbocycles. The van der Waals surface area contributed by atoms with Crippen LogP contribution >= 0.6 is 0 Å². The van der Waals surface area contributed by atoms with Crippen LogP contribution in [0.1, 0.15) is 26.7 Å². The molecule has 0 rings (SSSR count). The van der Waals surface area contributed by atoms with Crippen molar-refractivity contribution in [3.63, 3.8) is 0 Å². The fourth-order valence-electron chi connectivity index (χ4n) is 0.600. The van der Waals surface area contributed by atoms with Gasteiger partial charge in [-0.05, 0) is 13.3 Å². The Kier molecular flexibility index (Phi) is 3.84. The average Bonchev–Trinajstić information content (AvgIpc) is 1.87. The highest BCUT2D eigenvalue weighted by Gasteiger charge is 2.20. The highest BCUT2D eigenvalue weighted by atomic mass is 19.1. The maximum Gasteiger partial charge on any atom is 0.215 e. The van der Waals surface area contributed by atoms with Crippen molar-refractivity contribution in [2.45, 2.75) is 32.9 Å². The second kappa shape index (κ2) is 4.14. The van der Waals surface area contributed by atoms with Crippen molar-refractivity contribution in [2.75, 3.05) is 0 Å². The van der Waals surface area contributed by atoms with Gasteiger partial charge in [0.05, 0.1) is 0 Å². The van der Waals surface area contributed by atoms with E-state index in [1.54, 1.807) is 6.92 Å². The van der Waals surface area contributed by atoms with Gasteiger partial charge in [-0.2, -0.15) is 0 Å². The van der Waals surface area contributed by atoms with E-state index in [1.807, 2.05) is 0 Å². The molecule has 0 radical (unpaired) electrons. The van der Waals surface area contributed by atoms with Gasteiger partial charge in [0.1, 0.15) is 0 Å².